The summed E-state index contributed by atoms with van der Waals surface area (Å²) in [5.41, 5.74) is 1.95. The van der Waals surface area contributed by atoms with Crippen LogP contribution in [0.1, 0.15) is 41.6 Å². The van der Waals surface area contributed by atoms with Gasteiger partial charge in [0.2, 0.25) is 5.88 Å². The minimum atomic E-state index is -0.0811. The predicted octanol–water partition coefficient (Wildman–Crippen LogP) is 3.33. The Morgan fingerprint density at radius 3 is 2.52 bits per heavy atom. The van der Waals surface area contributed by atoms with Gasteiger partial charge in [-0.2, -0.15) is 0 Å². The fourth-order valence-electron chi connectivity index (χ4n) is 3.40. The third kappa shape index (κ3) is 3.36. The summed E-state index contributed by atoms with van der Waals surface area (Å²) in [5.74, 6) is 0.431. The van der Waals surface area contributed by atoms with Gasteiger partial charge in [0.25, 0.3) is 5.91 Å². The Morgan fingerprint density at radius 1 is 1.17 bits per heavy atom. The lowest BCUT2D eigenvalue weighted by Gasteiger charge is -2.30. The lowest BCUT2D eigenvalue weighted by Crippen LogP contribution is -2.39. The summed E-state index contributed by atoms with van der Waals surface area (Å²) < 4.78 is 5.02. The number of hydrogen-bond acceptors (Lipinski definition) is 3. The van der Waals surface area contributed by atoms with Crippen LogP contribution in [0.5, 0.6) is 5.88 Å². The highest BCUT2D eigenvalue weighted by molar-refractivity contribution is 5.94. The molecule has 3 rings (SSSR count). The van der Waals surface area contributed by atoms with Crippen LogP contribution in [-0.2, 0) is 5.41 Å². The molecule has 0 atom stereocenters. The summed E-state index contributed by atoms with van der Waals surface area (Å²) >= 11 is 0. The summed E-state index contributed by atoms with van der Waals surface area (Å²) in [5, 5.41) is 3.10. The highest BCUT2D eigenvalue weighted by Crippen LogP contribution is 2.40. The Kier molecular flexibility index (Phi) is 4.60. The van der Waals surface area contributed by atoms with E-state index >= 15 is 0 Å². The van der Waals surface area contributed by atoms with Crippen molar-refractivity contribution in [1.82, 2.24) is 10.3 Å². The number of nitrogens with zero attached hydrogens (tertiary/aromatic N) is 1. The molecule has 2 aromatic rings. The first kappa shape index (κ1) is 15.5. The van der Waals surface area contributed by atoms with Gasteiger partial charge in [-0.05, 0) is 24.5 Å². The van der Waals surface area contributed by atoms with Gasteiger partial charge in [0.15, 0.2) is 0 Å². The van der Waals surface area contributed by atoms with Crippen LogP contribution < -0.4 is 10.1 Å². The molecule has 1 aromatic heterocycles. The van der Waals surface area contributed by atoms with Crippen LogP contribution in [0.15, 0.2) is 48.7 Å². The standard InChI is InChI=1S/C19H22N2O2/c1-23-17-10-9-15(13-20-17)18(22)21-14-19(11-5-6-12-19)16-7-3-2-4-8-16/h2-4,7-10,13H,5-6,11-12,14H2,1H3,(H,21,22). The SMILES string of the molecule is COc1ccc(C(=O)NCC2(c3ccccc3)CCCC2)cn1. The number of benzene rings is 1. The van der Waals surface area contributed by atoms with Crippen molar-refractivity contribution in [2.45, 2.75) is 31.1 Å². The zero-order valence-electron chi connectivity index (χ0n) is 13.4. The van der Waals surface area contributed by atoms with E-state index in [0.717, 1.165) is 12.8 Å². The number of rotatable bonds is 5. The minimum Gasteiger partial charge on any atom is -0.481 e. The molecule has 1 N–H and O–H groups in total. The van der Waals surface area contributed by atoms with Gasteiger partial charge in [-0.25, -0.2) is 4.98 Å². The first-order valence-corrected chi connectivity index (χ1v) is 8.07. The summed E-state index contributed by atoms with van der Waals surface area (Å²) in [6, 6.07) is 14.0. The number of ether oxygens (including phenoxy) is 1. The largest absolute Gasteiger partial charge is 0.481 e. The Hall–Kier alpha value is -2.36. The van der Waals surface area contributed by atoms with E-state index in [2.05, 4.69) is 34.6 Å². The van der Waals surface area contributed by atoms with Crippen LogP contribution in [0.25, 0.3) is 0 Å². The van der Waals surface area contributed by atoms with Crippen molar-refractivity contribution in [1.29, 1.82) is 0 Å². The van der Waals surface area contributed by atoms with Crippen molar-refractivity contribution >= 4 is 5.91 Å². The summed E-state index contributed by atoms with van der Waals surface area (Å²) in [4.78, 5) is 16.5. The second-order valence-electron chi connectivity index (χ2n) is 6.13. The van der Waals surface area contributed by atoms with Crippen molar-refractivity contribution in [3.63, 3.8) is 0 Å². The number of amides is 1. The second kappa shape index (κ2) is 6.82. The molecular weight excluding hydrogens is 288 g/mol. The Morgan fingerprint density at radius 2 is 1.91 bits per heavy atom. The second-order valence-corrected chi connectivity index (χ2v) is 6.13. The monoisotopic (exact) mass is 310 g/mol. The first-order valence-electron chi connectivity index (χ1n) is 8.07. The molecule has 1 aromatic carbocycles. The molecule has 1 aliphatic carbocycles. The van der Waals surface area contributed by atoms with Crippen LogP contribution in [-0.4, -0.2) is 24.5 Å². The molecule has 0 radical (unpaired) electrons. The van der Waals surface area contributed by atoms with Gasteiger partial charge in [-0.15, -0.1) is 0 Å². The summed E-state index contributed by atoms with van der Waals surface area (Å²) in [7, 11) is 1.56. The molecule has 0 bridgehead atoms. The molecule has 0 spiro atoms. The average molecular weight is 310 g/mol. The quantitative estimate of drug-likeness (QED) is 0.921. The zero-order valence-corrected chi connectivity index (χ0v) is 13.4. The van der Waals surface area contributed by atoms with E-state index in [1.807, 2.05) is 6.07 Å². The van der Waals surface area contributed by atoms with Gasteiger partial charge in [-0.1, -0.05) is 43.2 Å². The number of nitrogens with one attached hydrogen (secondary N) is 1. The third-order valence-electron chi connectivity index (χ3n) is 4.74. The number of hydrogen-bond donors (Lipinski definition) is 1. The van der Waals surface area contributed by atoms with Crippen molar-refractivity contribution in [3.05, 3.63) is 59.8 Å². The molecule has 1 saturated carbocycles. The van der Waals surface area contributed by atoms with Gasteiger partial charge in [0, 0.05) is 24.2 Å². The molecule has 0 unspecified atom stereocenters. The summed E-state index contributed by atoms with van der Waals surface area (Å²) in [6.07, 6.45) is 6.23. The van der Waals surface area contributed by atoms with E-state index in [0.29, 0.717) is 18.0 Å². The molecule has 4 nitrogen and oxygen atoms in total. The Balaban J connectivity index is 1.70. The van der Waals surface area contributed by atoms with E-state index in [-0.39, 0.29) is 11.3 Å². The molecule has 23 heavy (non-hydrogen) atoms. The summed E-state index contributed by atoms with van der Waals surface area (Å²) in [6.45, 7) is 0.669. The van der Waals surface area contributed by atoms with E-state index in [1.165, 1.54) is 18.4 Å². The topological polar surface area (TPSA) is 51.2 Å². The highest BCUT2D eigenvalue weighted by Gasteiger charge is 2.35. The molecule has 1 amide bonds. The minimum absolute atomic E-state index is 0.0663. The molecule has 1 heterocycles. The van der Waals surface area contributed by atoms with Crippen LogP contribution in [0.3, 0.4) is 0 Å². The maximum atomic E-state index is 12.4. The highest BCUT2D eigenvalue weighted by atomic mass is 16.5. The molecule has 120 valence electrons. The number of methoxy groups -OCH3 is 1. The van der Waals surface area contributed by atoms with E-state index in [1.54, 1.807) is 25.4 Å². The maximum Gasteiger partial charge on any atom is 0.252 e. The lowest BCUT2D eigenvalue weighted by molar-refractivity contribution is 0.0942. The van der Waals surface area contributed by atoms with Gasteiger partial charge in [-0.3, -0.25) is 4.79 Å². The number of aromatic nitrogens is 1. The molecule has 1 aliphatic rings. The van der Waals surface area contributed by atoms with E-state index in [4.69, 9.17) is 4.74 Å². The lowest BCUT2D eigenvalue weighted by atomic mass is 9.79. The van der Waals surface area contributed by atoms with E-state index < -0.39 is 0 Å². The third-order valence-corrected chi connectivity index (χ3v) is 4.74. The first-order chi connectivity index (χ1) is 11.2. The van der Waals surface area contributed by atoms with Crippen LogP contribution in [0, 0.1) is 0 Å². The van der Waals surface area contributed by atoms with Crippen LogP contribution >= 0.6 is 0 Å². The van der Waals surface area contributed by atoms with Gasteiger partial charge < -0.3 is 10.1 Å². The zero-order chi connectivity index (χ0) is 16.1. The van der Waals surface area contributed by atoms with Crippen LogP contribution in [0.4, 0.5) is 0 Å². The maximum absolute atomic E-state index is 12.4. The van der Waals surface area contributed by atoms with Crippen molar-refractivity contribution in [3.8, 4) is 5.88 Å². The molecule has 0 aliphatic heterocycles. The van der Waals surface area contributed by atoms with Gasteiger partial charge >= 0.3 is 0 Å². The van der Waals surface area contributed by atoms with Gasteiger partial charge in [0.05, 0.1) is 12.7 Å². The molecule has 0 saturated heterocycles. The number of carbonyl (C=O) groups excluding carboxylic acids is 1. The smallest absolute Gasteiger partial charge is 0.252 e. The average Bonchev–Trinajstić information content (AvgIpc) is 3.11. The molecule has 4 heteroatoms. The van der Waals surface area contributed by atoms with E-state index in [9.17, 15) is 4.79 Å². The molecule has 1 fully saturated rings. The Labute approximate surface area is 136 Å². The predicted molar refractivity (Wildman–Crippen MR) is 89.7 cm³/mol. The fourth-order valence-corrected chi connectivity index (χ4v) is 3.40. The van der Waals surface area contributed by atoms with Gasteiger partial charge in [0.1, 0.15) is 0 Å². The van der Waals surface area contributed by atoms with Crippen molar-refractivity contribution in [2.24, 2.45) is 0 Å². The number of carbonyl (C=O) groups is 1. The normalized spacial score (nSPS) is 16.0. The van der Waals surface area contributed by atoms with Crippen LogP contribution in [0.2, 0.25) is 0 Å². The number of pyridine rings is 1. The fraction of sp³-hybridized carbons (Fsp3) is 0.368. The van der Waals surface area contributed by atoms with Crippen molar-refractivity contribution < 1.29 is 9.53 Å². The molecular formula is C19H22N2O2. The van der Waals surface area contributed by atoms with Crippen molar-refractivity contribution in [2.75, 3.05) is 13.7 Å². The Bertz CT molecular complexity index is 647.